The summed E-state index contributed by atoms with van der Waals surface area (Å²) in [5.41, 5.74) is 1.07. The second-order valence-corrected chi connectivity index (χ2v) is 6.75. The second kappa shape index (κ2) is 13.3. The van der Waals surface area contributed by atoms with Gasteiger partial charge in [0.15, 0.2) is 6.29 Å². The van der Waals surface area contributed by atoms with Gasteiger partial charge in [0.1, 0.15) is 36.8 Å². The number of benzene rings is 1. The molecule has 7 nitrogen and oxygen atoms in total. The summed E-state index contributed by atoms with van der Waals surface area (Å²) in [7, 11) is 0. The summed E-state index contributed by atoms with van der Waals surface area (Å²) in [5.74, 6) is 0.773. The highest BCUT2D eigenvalue weighted by atomic mass is 16.7. The topological polar surface area (TPSA) is 86.6 Å². The molecule has 30 heavy (non-hydrogen) atoms. The van der Waals surface area contributed by atoms with Crippen LogP contribution in [-0.4, -0.2) is 74.0 Å². The van der Waals surface area contributed by atoms with Crippen LogP contribution in [0.4, 0.5) is 0 Å². The maximum atomic E-state index is 10.5. The van der Waals surface area contributed by atoms with Gasteiger partial charge in [-0.05, 0) is 24.1 Å². The van der Waals surface area contributed by atoms with Gasteiger partial charge < -0.3 is 33.9 Å². The van der Waals surface area contributed by atoms with Gasteiger partial charge >= 0.3 is 0 Å². The molecule has 1 aromatic rings. The Labute approximate surface area is 178 Å². The van der Waals surface area contributed by atoms with Crippen LogP contribution in [0, 0.1) is 0 Å². The molecule has 1 heterocycles. The van der Waals surface area contributed by atoms with E-state index in [-0.39, 0.29) is 19.8 Å². The molecule has 7 heteroatoms. The number of aliphatic hydroxyl groups is 2. The number of hydrogen-bond donors (Lipinski definition) is 2. The summed E-state index contributed by atoms with van der Waals surface area (Å²) in [4.78, 5) is 0. The van der Waals surface area contributed by atoms with Gasteiger partial charge in [0.2, 0.25) is 0 Å². The minimum absolute atomic E-state index is 0.223. The summed E-state index contributed by atoms with van der Waals surface area (Å²) in [6, 6.07) is 7.71. The Kier molecular flexibility index (Phi) is 10.8. The van der Waals surface area contributed by atoms with Crippen LogP contribution in [0.15, 0.2) is 62.2 Å². The van der Waals surface area contributed by atoms with Gasteiger partial charge in [0.25, 0.3) is 0 Å². The predicted molar refractivity (Wildman–Crippen MR) is 113 cm³/mol. The van der Waals surface area contributed by atoms with Crippen molar-refractivity contribution in [2.45, 2.75) is 37.1 Å². The molecule has 2 rings (SSSR count). The minimum atomic E-state index is -1.06. The molecular formula is C23H32O7. The molecule has 1 aliphatic rings. The van der Waals surface area contributed by atoms with Crippen LogP contribution in [0.1, 0.15) is 5.56 Å². The van der Waals surface area contributed by atoms with Crippen molar-refractivity contribution in [3.63, 3.8) is 0 Å². The van der Waals surface area contributed by atoms with Crippen LogP contribution >= 0.6 is 0 Å². The third-order valence-corrected chi connectivity index (χ3v) is 4.58. The standard InChI is InChI=1S/C23H32O7/c1-4-12-26-18-9-7-17(8-10-18)11-15-29-23-22(28-14-6-3)21(27-13-5-2)20(25)19(16-24)30-23/h4-10,19-25H,1-3,11-16H2/t19-,20-,21+,22-,23-/m1/s1. The number of ether oxygens (including phenoxy) is 5. The zero-order valence-electron chi connectivity index (χ0n) is 17.2. The Balaban J connectivity index is 1.99. The van der Waals surface area contributed by atoms with Crippen molar-refractivity contribution in [2.75, 3.05) is 33.0 Å². The highest BCUT2D eigenvalue weighted by Gasteiger charge is 2.47. The molecule has 2 N–H and O–H groups in total. The van der Waals surface area contributed by atoms with Crippen molar-refractivity contribution in [1.82, 2.24) is 0 Å². The second-order valence-electron chi connectivity index (χ2n) is 6.75. The Hall–Kier alpha value is -2.00. The molecule has 0 bridgehead atoms. The summed E-state index contributed by atoms with van der Waals surface area (Å²) in [6.45, 7) is 11.8. The van der Waals surface area contributed by atoms with E-state index in [0.29, 0.717) is 19.6 Å². The van der Waals surface area contributed by atoms with E-state index in [0.717, 1.165) is 11.3 Å². The average Bonchev–Trinajstić information content (AvgIpc) is 2.77. The summed E-state index contributed by atoms with van der Waals surface area (Å²) in [6.07, 6.45) is 1.38. The highest BCUT2D eigenvalue weighted by Crippen LogP contribution is 2.27. The minimum Gasteiger partial charge on any atom is -0.490 e. The maximum Gasteiger partial charge on any atom is 0.186 e. The van der Waals surface area contributed by atoms with Crippen molar-refractivity contribution >= 4 is 0 Å². The van der Waals surface area contributed by atoms with Crippen molar-refractivity contribution in [3.8, 4) is 5.75 Å². The van der Waals surface area contributed by atoms with E-state index >= 15 is 0 Å². The molecule has 0 aromatic heterocycles. The first-order chi connectivity index (χ1) is 14.6. The quantitative estimate of drug-likeness (QED) is 0.446. The zero-order chi connectivity index (χ0) is 21.8. The molecule has 1 fully saturated rings. The van der Waals surface area contributed by atoms with Crippen LogP contribution in [0.3, 0.4) is 0 Å². The Bertz CT molecular complexity index is 645. The predicted octanol–water partition coefficient (Wildman–Crippen LogP) is 2.03. The van der Waals surface area contributed by atoms with Gasteiger partial charge in [0.05, 0.1) is 26.4 Å². The lowest BCUT2D eigenvalue weighted by Crippen LogP contribution is -2.61. The monoisotopic (exact) mass is 420 g/mol. The van der Waals surface area contributed by atoms with Crippen LogP contribution in [-0.2, 0) is 25.4 Å². The molecule has 5 atom stereocenters. The van der Waals surface area contributed by atoms with Crippen molar-refractivity contribution < 1.29 is 33.9 Å². The molecule has 0 unspecified atom stereocenters. The molecule has 0 saturated carbocycles. The molecule has 1 aliphatic heterocycles. The van der Waals surface area contributed by atoms with Gasteiger partial charge in [-0.2, -0.15) is 0 Å². The van der Waals surface area contributed by atoms with Crippen LogP contribution in [0.2, 0.25) is 0 Å². The lowest BCUT2D eigenvalue weighted by molar-refractivity contribution is -0.313. The van der Waals surface area contributed by atoms with E-state index in [4.69, 9.17) is 23.7 Å². The van der Waals surface area contributed by atoms with Crippen LogP contribution in [0.25, 0.3) is 0 Å². The lowest BCUT2D eigenvalue weighted by atomic mass is 9.98. The van der Waals surface area contributed by atoms with Gasteiger partial charge in [-0.15, -0.1) is 13.2 Å². The van der Waals surface area contributed by atoms with Crippen molar-refractivity contribution in [2.24, 2.45) is 0 Å². The van der Waals surface area contributed by atoms with E-state index < -0.39 is 30.7 Å². The Morgan fingerprint density at radius 2 is 1.53 bits per heavy atom. The zero-order valence-corrected chi connectivity index (χ0v) is 17.2. The van der Waals surface area contributed by atoms with Crippen molar-refractivity contribution in [1.29, 1.82) is 0 Å². The van der Waals surface area contributed by atoms with E-state index in [1.807, 2.05) is 24.3 Å². The molecule has 166 valence electrons. The van der Waals surface area contributed by atoms with Crippen LogP contribution < -0.4 is 4.74 Å². The Morgan fingerprint density at radius 3 is 2.13 bits per heavy atom. The van der Waals surface area contributed by atoms with Gasteiger partial charge in [0, 0.05) is 0 Å². The SMILES string of the molecule is C=CCOc1ccc(CCO[C@@H]2O[C@H](CO)[C@@H](O)[C@H](OCC=C)[C@H]2OCC=C)cc1. The largest absolute Gasteiger partial charge is 0.490 e. The highest BCUT2D eigenvalue weighted by molar-refractivity contribution is 5.27. The van der Waals surface area contributed by atoms with Crippen LogP contribution in [0.5, 0.6) is 5.75 Å². The van der Waals surface area contributed by atoms with E-state index in [2.05, 4.69) is 19.7 Å². The number of hydrogen-bond acceptors (Lipinski definition) is 7. The first-order valence-corrected chi connectivity index (χ1v) is 9.98. The summed E-state index contributed by atoms with van der Waals surface area (Å²) < 4.78 is 28.6. The molecule has 0 amide bonds. The number of rotatable bonds is 14. The fraction of sp³-hybridized carbons (Fsp3) is 0.478. The van der Waals surface area contributed by atoms with Crippen molar-refractivity contribution in [3.05, 3.63) is 67.8 Å². The smallest absolute Gasteiger partial charge is 0.186 e. The molecule has 0 spiro atoms. The molecular weight excluding hydrogens is 388 g/mol. The van der Waals surface area contributed by atoms with Gasteiger partial charge in [-0.25, -0.2) is 0 Å². The molecule has 1 saturated heterocycles. The lowest BCUT2D eigenvalue weighted by Gasteiger charge is -2.43. The summed E-state index contributed by atoms with van der Waals surface area (Å²) in [5, 5.41) is 20.1. The third kappa shape index (κ3) is 7.05. The first kappa shape index (κ1) is 24.3. The molecule has 1 aromatic carbocycles. The normalized spacial score (nSPS) is 26.1. The van der Waals surface area contributed by atoms with E-state index in [1.54, 1.807) is 18.2 Å². The Morgan fingerprint density at radius 1 is 0.900 bits per heavy atom. The summed E-state index contributed by atoms with van der Waals surface area (Å²) >= 11 is 0. The molecule has 0 radical (unpaired) electrons. The molecule has 0 aliphatic carbocycles. The number of aliphatic hydroxyl groups excluding tert-OH is 2. The fourth-order valence-electron chi connectivity index (χ4n) is 3.10. The first-order valence-electron chi connectivity index (χ1n) is 9.98. The van der Waals surface area contributed by atoms with E-state index in [1.165, 1.54) is 0 Å². The third-order valence-electron chi connectivity index (χ3n) is 4.58. The maximum absolute atomic E-state index is 10.5. The van der Waals surface area contributed by atoms with Gasteiger partial charge in [-0.3, -0.25) is 0 Å². The van der Waals surface area contributed by atoms with E-state index in [9.17, 15) is 10.2 Å². The fourth-order valence-corrected chi connectivity index (χ4v) is 3.10. The average molecular weight is 421 g/mol. The van der Waals surface area contributed by atoms with Gasteiger partial charge in [-0.1, -0.05) is 36.9 Å².